The van der Waals surface area contributed by atoms with E-state index in [0.29, 0.717) is 28.0 Å². The van der Waals surface area contributed by atoms with Crippen molar-refractivity contribution in [1.29, 1.82) is 0 Å². The van der Waals surface area contributed by atoms with Crippen molar-refractivity contribution in [2.75, 3.05) is 23.5 Å². The van der Waals surface area contributed by atoms with Crippen molar-refractivity contribution in [1.82, 2.24) is 4.98 Å². The standard InChI is InChI=1S/C20H17F2N3O3S2/c1-28-15-5-3-13(4-6-15)23-18(26)11-29-9-14-10-30-20(24-14)25-19(27)12-2-7-16(21)17(22)8-12/h2-8,10H,9,11H2,1H3,(H,23,26)(H,24,25,27). The Labute approximate surface area is 179 Å². The van der Waals surface area contributed by atoms with E-state index < -0.39 is 17.5 Å². The molecule has 0 unspecified atom stereocenters. The molecule has 0 saturated carbocycles. The molecule has 0 spiro atoms. The average Bonchev–Trinajstić information content (AvgIpc) is 3.17. The van der Waals surface area contributed by atoms with Crippen molar-refractivity contribution in [3.05, 3.63) is 70.7 Å². The minimum atomic E-state index is -1.09. The lowest BCUT2D eigenvalue weighted by Gasteiger charge is -2.06. The molecule has 1 aromatic heterocycles. The van der Waals surface area contributed by atoms with Crippen LogP contribution < -0.4 is 15.4 Å². The Balaban J connectivity index is 1.45. The van der Waals surface area contributed by atoms with Crippen molar-refractivity contribution < 1.29 is 23.1 Å². The molecule has 2 amide bonds. The largest absolute Gasteiger partial charge is 0.497 e. The predicted molar refractivity (Wildman–Crippen MR) is 114 cm³/mol. The highest BCUT2D eigenvalue weighted by molar-refractivity contribution is 7.99. The quantitative estimate of drug-likeness (QED) is 0.527. The molecule has 0 fully saturated rings. The van der Waals surface area contributed by atoms with Gasteiger partial charge in [0.2, 0.25) is 5.91 Å². The molecule has 3 rings (SSSR count). The summed E-state index contributed by atoms with van der Waals surface area (Å²) in [4.78, 5) is 28.4. The van der Waals surface area contributed by atoms with Crippen LogP contribution in [0.5, 0.6) is 5.75 Å². The molecular formula is C20H17F2N3O3S2. The zero-order chi connectivity index (χ0) is 21.5. The maximum Gasteiger partial charge on any atom is 0.257 e. The molecular weight excluding hydrogens is 432 g/mol. The number of carbonyl (C=O) groups excluding carboxylic acids is 2. The molecule has 156 valence electrons. The molecule has 2 aromatic carbocycles. The van der Waals surface area contributed by atoms with E-state index in [4.69, 9.17) is 4.74 Å². The van der Waals surface area contributed by atoms with Gasteiger partial charge in [-0.2, -0.15) is 0 Å². The molecule has 0 radical (unpaired) electrons. The summed E-state index contributed by atoms with van der Waals surface area (Å²) >= 11 is 2.59. The first-order valence-electron chi connectivity index (χ1n) is 8.67. The maximum absolute atomic E-state index is 13.2. The maximum atomic E-state index is 13.2. The predicted octanol–water partition coefficient (Wildman–Crippen LogP) is 4.55. The number of halogens is 2. The molecule has 0 aliphatic carbocycles. The van der Waals surface area contributed by atoms with Crippen LogP contribution in [-0.4, -0.2) is 29.7 Å². The lowest BCUT2D eigenvalue weighted by atomic mass is 10.2. The van der Waals surface area contributed by atoms with Crippen LogP contribution in [0.1, 0.15) is 16.1 Å². The Kier molecular flexibility index (Phi) is 7.36. The van der Waals surface area contributed by atoms with E-state index in [1.54, 1.807) is 36.8 Å². The second-order valence-electron chi connectivity index (χ2n) is 6.00. The van der Waals surface area contributed by atoms with Gasteiger partial charge in [-0.05, 0) is 42.5 Å². The van der Waals surface area contributed by atoms with E-state index >= 15 is 0 Å². The Morgan fingerprint density at radius 3 is 2.57 bits per heavy atom. The van der Waals surface area contributed by atoms with Crippen molar-refractivity contribution >= 4 is 45.7 Å². The van der Waals surface area contributed by atoms with Crippen LogP contribution in [0, 0.1) is 11.6 Å². The Morgan fingerprint density at radius 2 is 1.87 bits per heavy atom. The topological polar surface area (TPSA) is 80.3 Å². The average molecular weight is 450 g/mol. The van der Waals surface area contributed by atoms with Gasteiger partial charge < -0.3 is 10.1 Å². The second-order valence-corrected chi connectivity index (χ2v) is 7.84. The number of benzene rings is 2. The van der Waals surface area contributed by atoms with Gasteiger partial charge in [0.05, 0.1) is 18.6 Å². The first-order chi connectivity index (χ1) is 14.4. The third kappa shape index (κ3) is 6.01. The van der Waals surface area contributed by atoms with Gasteiger partial charge in [0.1, 0.15) is 5.75 Å². The first kappa shape index (κ1) is 21.7. The van der Waals surface area contributed by atoms with Gasteiger partial charge >= 0.3 is 0 Å². The number of methoxy groups -OCH3 is 1. The molecule has 0 bridgehead atoms. The third-order valence-electron chi connectivity index (χ3n) is 3.81. The number of hydrogen-bond donors (Lipinski definition) is 2. The fraction of sp³-hybridized carbons (Fsp3) is 0.150. The Hall–Kier alpha value is -2.98. The first-order valence-corrected chi connectivity index (χ1v) is 10.7. The van der Waals surface area contributed by atoms with E-state index in [0.717, 1.165) is 12.1 Å². The molecule has 0 atom stereocenters. The number of thiazole rings is 1. The SMILES string of the molecule is COc1ccc(NC(=O)CSCc2csc(NC(=O)c3ccc(F)c(F)c3)n2)cc1. The minimum Gasteiger partial charge on any atom is -0.497 e. The van der Waals surface area contributed by atoms with Gasteiger partial charge in [-0.15, -0.1) is 23.1 Å². The van der Waals surface area contributed by atoms with E-state index in [1.807, 2.05) is 0 Å². The summed E-state index contributed by atoms with van der Waals surface area (Å²) in [5.41, 5.74) is 1.37. The summed E-state index contributed by atoms with van der Waals surface area (Å²) in [6.45, 7) is 0. The summed E-state index contributed by atoms with van der Waals surface area (Å²) in [5.74, 6) is -1.41. The number of thioether (sulfide) groups is 1. The number of aromatic nitrogens is 1. The molecule has 0 aliphatic heterocycles. The van der Waals surface area contributed by atoms with Gasteiger partial charge in [-0.25, -0.2) is 13.8 Å². The fourth-order valence-corrected chi connectivity index (χ4v) is 3.88. The molecule has 0 aliphatic rings. The highest BCUT2D eigenvalue weighted by atomic mass is 32.2. The minimum absolute atomic E-state index is 0.00442. The van der Waals surface area contributed by atoms with Gasteiger partial charge in [0.25, 0.3) is 5.91 Å². The monoisotopic (exact) mass is 449 g/mol. The highest BCUT2D eigenvalue weighted by Crippen LogP contribution is 2.21. The Morgan fingerprint density at radius 1 is 1.10 bits per heavy atom. The van der Waals surface area contributed by atoms with Crippen LogP contribution in [0.3, 0.4) is 0 Å². The van der Waals surface area contributed by atoms with E-state index in [1.165, 1.54) is 29.2 Å². The normalized spacial score (nSPS) is 10.5. The number of rotatable bonds is 8. The van der Waals surface area contributed by atoms with E-state index in [-0.39, 0.29) is 17.2 Å². The Bertz CT molecular complexity index is 1040. The smallest absolute Gasteiger partial charge is 0.257 e. The van der Waals surface area contributed by atoms with Crippen LogP contribution >= 0.6 is 23.1 Å². The molecule has 3 aromatic rings. The molecule has 0 saturated heterocycles. The number of carbonyl (C=O) groups is 2. The number of hydrogen-bond acceptors (Lipinski definition) is 6. The lowest BCUT2D eigenvalue weighted by Crippen LogP contribution is -2.14. The van der Waals surface area contributed by atoms with Crippen LogP contribution in [0.25, 0.3) is 0 Å². The van der Waals surface area contributed by atoms with Gasteiger partial charge in [-0.1, -0.05) is 0 Å². The molecule has 2 N–H and O–H groups in total. The van der Waals surface area contributed by atoms with E-state index in [9.17, 15) is 18.4 Å². The van der Waals surface area contributed by atoms with E-state index in [2.05, 4.69) is 15.6 Å². The summed E-state index contributed by atoms with van der Waals surface area (Å²) in [7, 11) is 1.57. The summed E-state index contributed by atoms with van der Waals surface area (Å²) in [5, 5.41) is 7.43. The van der Waals surface area contributed by atoms with Gasteiger partial charge in [0, 0.05) is 22.4 Å². The highest BCUT2D eigenvalue weighted by Gasteiger charge is 2.12. The van der Waals surface area contributed by atoms with Crippen molar-refractivity contribution in [2.24, 2.45) is 0 Å². The van der Waals surface area contributed by atoms with Crippen LogP contribution in [-0.2, 0) is 10.5 Å². The summed E-state index contributed by atoms with van der Waals surface area (Å²) in [6.07, 6.45) is 0. The molecule has 1 heterocycles. The number of anilines is 2. The zero-order valence-corrected chi connectivity index (χ0v) is 17.4. The van der Waals surface area contributed by atoms with Gasteiger partial charge in [-0.3, -0.25) is 14.9 Å². The zero-order valence-electron chi connectivity index (χ0n) is 15.8. The van der Waals surface area contributed by atoms with Crippen LogP contribution in [0.4, 0.5) is 19.6 Å². The lowest BCUT2D eigenvalue weighted by molar-refractivity contribution is -0.113. The third-order valence-corrected chi connectivity index (χ3v) is 5.58. The number of nitrogens with zero attached hydrogens (tertiary/aromatic N) is 1. The second kappa shape index (κ2) is 10.2. The molecule has 6 nitrogen and oxygen atoms in total. The number of amides is 2. The van der Waals surface area contributed by atoms with Gasteiger partial charge in [0.15, 0.2) is 16.8 Å². The van der Waals surface area contributed by atoms with Crippen LogP contribution in [0.2, 0.25) is 0 Å². The van der Waals surface area contributed by atoms with Crippen molar-refractivity contribution in [3.63, 3.8) is 0 Å². The fourth-order valence-electron chi connectivity index (χ4n) is 2.36. The molecule has 10 heteroatoms. The molecule has 30 heavy (non-hydrogen) atoms. The van der Waals surface area contributed by atoms with Crippen molar-refractivity contribution in [2.45, 2.75) is 5.75 Å². The summed E-state index contributed by atoms with van der Waals surface area (Å²) in [6, 6.07) is 9.94. The number of nitrogens with one attached hydrogen (secondary N) is 2. The summed E-state index contributed by atoms with van der Waals surface area (Å²) < 4.78 is 31.3. The number of ether oxygens (including phenoxy) is 1. The van der Waals surface area contributed by atoms with Crippen LogP contribution in [0.15, 0.2) is 47.8 Å². The van der Waals surface area contributed by atoms with Crippen molar-refractivity contribution in [3.8, 4) is 5.75 Å².